The van der Waals surface area contributed by atoms with Gasteiger partial charge in [-0.1, -0.05) is 60.7 Å². The van der Waals surface area contributed by atoms with Crippen molar-refractivity contribution in [2.24, 2.45) is 5.92 Å². The molecule has 0 spiro atoms. The fourth-order valence-electron chi connectivity index (χ4n) is 6.25. The number of fused-ring (bicyclic) bond motifs is 3. The van der Waals surface area contributed by atoms with Gasteiger partial charge in [0.25, 0.3) is 0 Å². The first kappa shape index (κ1) is 26.8. The van der Waals surface area contributed by atoms with Crippen molar-refractivity contribution >= 4 is 44.5 Å². The lowest BCUT2D eigenvalue weighted by Gasteiger charge is -2.18. The fourth-order valence-corrected chi connectivity index (χ4v) is 6.25. The molecule has 0 aliphatic heterocycles. The van der Waals surface area contributed by atoms with Crippen LogP contribution in [0.5, 0.6) is 0 Å². The third-order valence-electron chi connectivity index (χ3n) is 8.37. The lowest BCUT2D eigenvalue weighted by Crippen LogP contribution is -2.05. The van der Waals surface area contributed by atoms with Crippen LogP contribution in [0.3, 0.4) is 0 Å². The highest BCUT2D eigenvalue weighted by Gasteiger charge is 2.20. The van der Waals surface area contributed by atoms with Crippen LogP contribution in [0.1, 0.15) is 36.0 Å². The van der Waals surface area contributed by atoms with E-state index in [0.717, 1.165) is 74.0 Å². The summed E-state index contributed by atoms with van der Waals surface area (Å²) in [4.78, 5) is 0. The van der Waals surface area contributed by atoms with Gasteiger partial charge >= 0.3 is 0 Å². The molecular formula is C39H27N5. The van der Waals surface area contributed by atoms with Crippen LogP contribution < -0.4 is 5.32 Å². The van der Waals surface area contributed by atoms with Crippen molar-refractivity contribution in [2.45, 2.75) is 19.3 Å². The maximum Gasteiger partial charge on any atom is 0.0991 e. The summed E-state index contributed by atoms with van der Waals surface area (Å²) in [6.07, 6.45) is 15.1. The third kappa shape index (κ3) is 4.76. The summed E-state index contributed by atoms with van der Waals surface area (Å²) in [5.41, 5.74) is 10.4. The van der Waals surface area contributed by atoms with E-state index in [-0.39, 0.29) is 5.92 Å². The predicted octanol–water partition coefficient (Wildman–Crippen LogP) is 9.62. The Morgan fingerprint density at radius 2 is 1.57 bits per heavy atom. The van der Waals surface area contributed by atoms with Gasteiger partial charge in [0.2, 0.25) is 0 Å². The zero-order valence-electron chi connectivity index (χ0n) is 24.0. The largest absolute Gasteiger partial charge is 0.355 e. The first-order valence-corrected chi connectivity index (χ1v) is 14.7. The minimum Gasteiger partial charge on any atom is -0.355 e. The Kier molecular flexibility index (Phi) is 6.88. The van der Waals surface area contributed by atoms with Gasteiger partial charge in [-0.05, 0) is 78.6 Å². The van der Waals surface area contributed by atoms with Gasteiger partial charge in [-0.25, -0.2) is 0 Å². The highest BCUT2D eigenvalue weighted by Crippen LogP contribution is 2.40. The van der Waals surface area contributed by atoms with E-state index in [9.17, 15) is 15.8 Å². The van der Waals surface area contributed by atoms with Crippen molar-refractivity contribution in [3.63, 3.8) is 0 Å². The normalized spacial score (nSPS) is 15.7. The molecule has 5 aromatic rings. The number of aromatic nitrogens is 1. The lowest BCUT2D eigenvalue weighted by molar-refractivity contribution is 0.822. The molecule has 1 aromatic heterocycles. The van der Waals surface area contributed by atoms with Crippen LogP contribution in [0.15, 0.2) is 115 Å². The lowest BCUT2D eigenvalue weighted by atomic mass is 9.96. The summed E-state index contributed by atoms with van der Waals surface area (Å²) < 4.78 is 2.24. The Morgan fingerprint density at radius 1 is 0.750 bits per heavy atom. The molecule has 0 saturated carbocycles. The number of nitrogens with one attached hydrogen (secondary N) is 1. The second-order valence-electron chi connectivity index (χ2n) is 11.1. The molecule has 4 aromatic carbocycles. The molecule has 2 aliphatic rings. The molecule has 2 aliphatic carbocycles. The Balaban J connectivity index is 1.38. The van der Waals surface area contributed by atoms with Gasteiger partial charge in [0.15, 0.2) is 0 Å². The molecule has 5 heteroatoms. The summed E-state index contributed by atoms with van der Waals surface area (Å²) in [5, 5.41) is 34.6. The second kappa shape index (κ2) is 11.3. The zero-order valence-corrected chi connectivity index (χ0v) is 24.0. The monoisotopic (exact) mass is 565 g/mol. The van der Waals surface area contributed by atoms with E-state index in [4.69, 9.17) is 0 Å². The number of hydrogen-bond acceptors (Lipinski definition) is 4. The number of anilines is 2. The number of benzene rings is 4. The SMILES string of the molecule is N#Cc1ccc(Nc2ccccc2-c2ccc3c4cc(C#N)ccc4n(C4=CC=CC(C#N)C4)c3c2)c(C2=CCCC=C2)c1. The van der Waals surface area contributed by atoms with Crippen LogP contribution in [0, 0.1) is 39.9 Å². The summed E-state index contributed by atoms with van der Waals surface area (Å²) >= 11 is 0. The standard InChI is InChI=1S/C39H27N5/c40-23-26-7-6-10-31(19-26)44-38-18-14-28(25-42)21-35(38)33-16-15-30(22-39(33)44)32-11-4-5-12-36(32)43-37-17-13-27(24-41)20-34(37)29-8-2-1-3-9-29/h2,4-18,20-22,26,43H,1,3,19H2. The Hall–Kier alpha value is -6.09. The van der Waals surface area contributed by atoms with Crippen LogP contribution in [0.2, 0.25) is 0 Å². The Bertz CT molecular complexity index is 2220. The molecule has 1 heterocycles. The Morgan fingerprint density at radius 3 is 2.39 bits per heavy atom. The van der Waals surface area contributed by atoms with Gasteiger partial charge in [0.1, 0.15) is 0 Å². The molecule has 44 heavy (non-hydrogen) atoms. The number of nitrogens with zero attached hydrogens (tertiary/aromatic N) is 4. The number of nitriles is 3. The van der Waals surface area contributed by atoms with E-state index in [0.29, 0.717) is 17.5 Å². The molecule has 1 N–H and O–H groups in total. The molecule has 0 bridgehead atoms. The van der Waals surface area contributed by atoms with Crippen LogP contribution in [0.25, 0.3) is 44.2 Å². The van der Waals surface area contributed by atoms with Gasteiger partial charge in [0.05, 0.1) is 46.3 Å². The van der Waals surface area contributed by atoms with E-state index >= 15 is 0 Å². The molecule has 1 unspecified atom stereocenters. The number of para-hydroxylation sites is 1. The molecule has 5 nitrogen and oxygen atoms in total. The molecule has 0 fully saturated rings. The third-order valence-corrected chi connectivity index (χ3v) is 8.37. The summed E-state index contributed by atoms with van der Waals surface area (Å²) in [5.74, 6) is -0.190. The predicted molar refractivity (Wildman–Crippen MR) is 178 cm³/mol. The molecule has 1 atom stereocenters. The summed E-state index contributed by atoms with van der Waals surface area (Å²) in [6, 6.07) is 33.3. The molecule has 208 valence electrons. The van der Waals surface area contributed by atoms with Crippen molar-refractivity contribution in [1.82, 2.24) is 4.57 Å². The van der Waals surface area contributed by atoms with Gasteiger partial charge in [-0.15, -0.1) is 0 Å². The van der Waals surface area contributed by atoms with E-state index < -0.39 is 0 Å². The average molecular weight is 566 g/mol. The van der Waals surface area contributed by atoms with Gasteiger partial charge in [-0.2, -0.15) is 15.8 Å². The van der Waals surface area contributed by atoms with Gasteiger partial charge in [-0.3, -0.25) is 0 Å². The van der Waals surface area contributed by atoms with Crippen molar-refractivity contribution in [2.75, 3.05) is 5.32 Å². The Labute approximate surface area is 256 Å². The number of allylic oxidation sites excluding steroid dienone is 8. The van der Waals surface area contributed by atoms with Gasteiger partial charge in [0, 0.05) is 45.4 Å². The van der Waals surface area contributed by atoms with Gasteiger partial charge < -0.3 is 9.88 Å². The van der Waals surface area contributed by atoms with E-state index in [2.05, 4.69) is 82.7 Å². The molecule has 0 saturated heterocycles. The molecule has 7 rings (SSSR count). The van der Waals surface area contributed by atoms with Crippen LogP contribution in [0.4, 0.5) is 11.4 Å². The zero-order chi connectivity index (χ0) is 30.0. The molecule has 0 radical (unpaired) electrons. The maximum atomic E-state index is 9.67. The first-order chi connectivity index (χ1) is 21.7. The van der Waals surface area contributed by atoms with Crippen molar-refractivity contribution in [3.05, 3.63) is 132 Å². The quantitative estimate of drug-likeness (QED) is 0.230. The molecule has 0 amide bonds. The highest BCUT2D eigenvalue weighted by atomic mass is 15.0. The summed E-state index contributed by atoms with van der Waals surface area (Å²) in [6.45, 7) is 0. The van der Waals surface area contributed by atoms with E-state index in [1.807, 2.05) is 60.7 Å². The number of rotatable bonds is 5. The van der Waals surface area contributed by atoms with Crippen molar-refractivity contribution < 1.29 is 0 Å². The van der Waals surface area contributed by atoms with E-state index in [1.54, 1.807) is 0 Å². The highest BCUT2D eigenvalue weighted by molar-refractivity contribution is 6.11. The topological polar surface area (TPSA) is 88.3 Å². The minimum absolute atomic E-state index is 0.190. The van der Waals surface area contributed by atoms with Crippen LogP contribution >= 0.6 is 0 Å². The molecular weight excluding hydrogens is 538 g/mol. The fraction of sp³-hybridized carbons (Fsp3) is 0.103. The van der Waals surface area contributed by atoms with Crippen molar-refractivity contribution in [1.29, 1.82) is 15.8 Å². The smallest absolute Gasteiger partial charge is 0.0991 e. The summed E-state index contributed by atoms with van der Waals surface area (Å²) in [7, 11) is 0. The van der Waals surface area contributed by atoms with Crippen LogP contribution in [-0.2, 0) is 0 Å². The minimum atomic E-state index is -0.190. The second-order valence-corrected chi connectivity index (χ2v) is 11.1. The van der Waals surface area contributed by atoms with Crippen molar-refractivity contribution in [3.8, 4) is 29.3 Å². The maximum absolute atomic E-state index is 9.67. The van der Waals surface area contributed by atoms with Crippen LogP contribution in [-0.4, -0.2) is 4.57 Å². The first-order valence-electron chi connectivity index (χ1n) is 14.7. The number of hydrogen-bond donors (Lipinski definition) is 1. The average Bonchev–Trinajstić information content (AvgIpc) is 3.42. The van der Waals surface area contributed by atoms with E-state index in [1.165, 1.54) is 0 Å².